The third-order valence-corrected chi connectivity index (χ3v) is 2.94. The Kier molecular flexibility index (Phi) is 4.46. The normalized spacial score (nSPS) is 12.1. The monoisotopic (exact) mass is 234 g/mol. The number of benzene rings is 1. The van der Waals surface area contributed by atoms with Crippen LogP contribution in [0.15, 0.2) is 30.5 Å². The second kappa shape index (κ2) is 5.64. The molecule has 3 heteroatoms. The Morgan fingerprint density at radius 3 is 2.82 bits per heavy atom. The van der Waals surface area contributed by atoms with Crippen LogP contribution < -0.4 is 5.32 Å². The van der Waals surface area contributed by atoms with Gasteiger partial charge in [-0.1, -0.05) is 25.6 Å². The van der Waals surface area contributed by atoms with E-state index in [0.29, 0.717) is 0 Å². The molecule has 2 rings (SSSR count). The number of carbonyl (C=O) groups is 1. The minimum Gasteiger partial charge on any atom is -0.361 e. The van der Waals surface area contributed by atoms with Gasteiger partial charge in [0.05, 0.1) is 6.04 Å². The number of hydrogen-bond acceptors (Lipinski definition) is 2. The number of hydrogen-bond donors (Lipinski definition) is 2. The maximum Gasteiger partial charge on any atom is 0.147 e. The largest absolute Gasteiger partial charge is 0.361 e. The summed E-state index contributed by atoms with van der Waals surface area (Å²) in [4.78, 5) is 14.6. The molecule has 0 aliphatic heterocycles. The first-order valence-corrected chi connectivity index (χ1v) is 5.45. The van der Waals surface area contributed by atoms with Gasteiger partial charge in [0.15, 0.2) is 0 Å². The molecule has 2 N–H and O–H groups in total. The van der Waals surface area contributed by atoms with Crippen LogP contribution in [0.25, 0.3) is 10.9 Å². The first kappa shape index (κ1) is 13.5. The van der Waals surface area contributed by atoms with Gasteiger partial charge in [-0.3, -0.25) is 4.79 Å². The molecule has 0 aliphatic carbocycles. The highest BCUT2D eigenvalue weighted by molar-refractivity contribution is 5.86. The molecule has 0 saturated carbocycles. The summed E-state index contributed by atoms with van der Waals surface area (Å²) in [5.41, 5.74) is 2.31. The quantitative estimate of drug-likeness (QED) is 0.854. The molecule has 0 bridgehead atoms. The van der Waals surface area contributed by atoms with Crippen LogP contribution in [0.4, 0.5) is 0 Å². The molecule has 2 aromatic rings. The van der Waals surface area contributed by atoms with E-state index in [9.17, 15) is 4.79 Å². The van der Waals surface area contributed by atoms with Crippen molar-refractivity contribution in [1.82, 2.24) is 10.3 Å². The zero-order chi connectivity index (χ0) is 11.5. The Bertz CT molecular complexity index is 507. The van der Waals surface area contributed by atoms with E-state index >= 15 is 0 Å². The molecule has 94 valence electrons. The molecule has 17 heavy (non-hydrogen) atoms. The van der Waals surface area contributed by atoms with Crippen molar-refractivity contribution < 1.29 is 6.22 Å². The van der Waals surface area contributed by atoms with Gasteiger partial charge in [-0.2, -0.15) is 0 Å². The van der Waals surface area contributed by atoms with E-state index in [-0.39, 0.29) is 20.7 Å². The van der Waals surface area contributed by atoms with Crippen LogP contribution in [0.5, 0.6) is 0 Å². The van der Waals surface area contributed by atoms with Crippen molar-refractivity contribution in [3.63, 3.8) is 0 Å². The lowest BCUT2D eigenvalue weighted by Gasteiger charge is -2.11. The smallest absolute Gasteiger partial charge is 0.147 e. The summed E-state index contributed by atoms with van der Waals surface area (Å²) in [5, 5.41) is 4.24. The van der Waals surface area contributed by atoms with Gasteiger partial charge in [0, 0.05) is 18.5 Å². The molecule has 1 atom stereocenters. The molecule has 0 radical (unpaired) electrons. The van der Waals surface area contributed by atoms with E-state index in [2.05, 4.69) is 16.4 Å². The van der Waals surface area contributed by atoms with E-state index in [0.717, 1.165) is 11.9 Å². The van der Waals surface area contributed by atoms with E-state index in [1.54, 1.807) is 6.92 Å². The van der Waals surface area contributed by atoms with Crippen molar-refractivity contribution in [3.05, 3.63) is 36.0 Å². The van der Waals surface area contributed by atoms with Crippen molar-refractivity contribution in [2.75, 3.05) is 7.05 Å². The lowest BCUT2D eigenvalue weighted by Crippen LogP contribution is -2.34. The van der Waals surface area contributed by atoms with Gasteiger partial charge in [-0.25, -0.2) is 0 Å². The Hall–Kier alpha value is -1.61. The number of ketones is 1. The fourth-order valence-electron chi connectivity index (χ4n) is 1.97. The van der Waals surface area contributed by atoms with Crippen molar-refractivity contribution in [2.45, 2.75) is 26.8 Å². The lowest BCUT2D eigenvalue weighted by atomic mass is 10.0. The van der Waals surface area contributed by atoms with Crippen LogP contribution in [-0.4, -0.2) is 23.9 Å². The highest BCUT2D eigenvalue weighted by Gasteiger charge is 2.14. The molecular weight excluding hydrogens is 212 g/mol. The summed E-state index contributed by atoms with van der Waals surface area (Å²) >= 11 is 0. The van der Waals surface area contributed by atoms with Crippen molar-refractivity contribution >= 4 is 16.7 Å². The fraction of sp³-hybridized carbons (Fsp3) is 0.357. The van der Waals surface area contributed by atoms with Gasteiger partial charge >= 0.3 is 0 Å². The zero-order valence-electron chi connectivity index (χ0n) is 9.58. The number of Topliss-reactive ketones (excluding diaryl/α,β-unsaturated/α-hetero) is 1. The summed E-state index contributed by atoms with van der Waals surface area (Å²) in [6.07, 6.45) is 2.72. The van der Waals surface area contributed by atoms with E-state index in [1.807, 2.05) is 31.4 Å². The minimum atomic E-state index is -0.0980. The number of aromatic amines is 1. The van der Waals surface area contributed by atoms with Crippen LogP contribution in [0.3, 0.4) is 0 Å². The summed E-state index contributed by atoms with van der Waals surface area (Å²) in [5.74, 6) is 0.174. The van der Waals surface area contributed by atoms with Crippen LogP contribution in [-0.2, 0) is 11.2 Å². The van der Waals surface area contributed by atoms with Crippen LogP contribution in [0, 0.1) is 0 Å². The standard InChI is InChI=1S/C13H16N2O.CH4.H2/c1-9(16)13(14-2)7-10-8-15-12-6-4-3-5-11(10)12;;/h3-6,8,13-15H,7H2,1-2H3;1H4;1H/t13-;;/m0../s1. The number of rotatable bonds is 4. The molecule has 0 fully saturated rings. The number of para-hydroxylation sites is 1. The van der Waals surface area contributed by atoms with Gasteiger partial charge < -0.3 is 10.3 Å². The Balaban J connectivity index is 0.00000144. The molecule has 1 aromatic carbocycles. The van der Waals surface area contributed by atoms with E-state index in [1.165, 1.54) is 10.9 Å². The number of fused-ring (bicyclic) bond motifs is 1. The minimum absolute atomic E-state index is 0. The fourth-order valence-corrected chi connectivity index (χ4v) is 1.97. The number of H-pyrrole nitrogens is 1. The van der Waals surface area contributed by atoms with Gasteiger partial charge in [-0.15, -0.1) is 0 Å². The van der Waals surface area contributed by atoms with Gasteiger partial charge in [0.25, 0.3) is 0 Å². The summed E-state index contributed by atoms with van der Waals surface area (Å²) in [6, 6.07) is 8.04. The maximum atomic E-state index is 11.4. The van der Waals surface area contributed by atoms with Crippen molar-refractivity contribution in [3.8, 4) is 0 Å². The van der Waals surface area contributed by atoms with Gasteiger partial charge in [-0.05, 0) is 32.0 Å². The molecule has 0 aliphatic rings. The predicted molar refractivity (Wildman–Crippen MR) is 74.4 cm³/mol. The number of likely N-dealkylation sites (N-methyl/N-ethyl adjacent to an activating group) is 1. The van der Waals surface area contributed by atoms with Gasteiger partial charge in [0.2, 0.25) is 0 Å². The highest BCUT2D eigenvalue weighted by atomic mass is 16.1. The molecule has 3 nitrogen and oxygen atoms in total. The van der Waals surface area contributed by atoms with E-state index < -0.39 is 0 Å². The molecule has 0 unspecified atom stereocenters. The molecular formula is C14H22N2O. The van der Waals surface area contributed by atoms with Crippen molar-refractivity contribution in [1.29, 1.82) is 0 Å². The van der Waals surface area contributed by atoms with Gasteiger partial charge in [0.1, 0.15) is 5.78 Å². The number of carbonyl (C=O) groups excluding carboxylic acids is 1. The predicted octanol–water partition coefficient (Wildman–Crippen LogP) is 2.77. The molecule has 1 aromatic heterocycles. The summed E-state index contributed by atoms with van der Waals surface area (Å²) in [6.45, 7) is 1.62. The second-order valence-corrected chi connectivity index (χ2v) is 4.02. The second-order valence-electron chi connectivity index (χ2n) is 4.02. The number of nitrogens with one attached hydrogen (secondary N) is 2. The summed E-state index contributed by atoms with van der Waals surface area (Å²) < 4.78 is 0. The molecule has 0 spiro atoms. The van der Waals surface area contributed by atoms with Crippen molar-refractivity contribution in [2.24, 2.45) is 0 Å². The SMILES string of the molecule is C.CN[C@@H](Cc1c[nH]c2ccccc12)C(C)=O.[HH]. The average Bonchev–Trinajstić information content (AvgIpc) is 2.69. The van der Waals surface area contributed by atoms with E-state index in [4.69, 9.17) is 0 Å². The Labute approximate surface area is 104 Å². The topological polar surface area (TPSA) is 44.9 Å². The maximum absolute atomic E-state index is 11.4. The number of aromatic nitrogens is 1. The van der Waals surface area contributed by atoms with Crippen LogP contribution >= 0.6 is 0 Å². The first-order valence-electron chi connectivity index (χ1n) is 5.45. The third kappa shape index (κ3) is 2.74. The molecule has 0 saturated heterocycles. The highest BCUT2D eigenvalue weighted by Crippen LogP contribution is 2.19. The third-order valence-electron chi connectivity index (χ3n) is 2.94. The molecule has 1 heterocycles. The zero-order valence-corrected chi connectivity index (χ0v) is 9.58. The van der Waals surface area contributed by atoms with Crippen LogP contribution in [0.2, 0.25) is 0 Å². The summed E-state index contributed by atoms with van der Waals surface area (Å²) in [7, 11) is 1.82. The Morgan fingerprint density at radius 2 is 2.18 bits per heavy atom. The Morgan fingerprint density at radius 1 is 1.47 bits per heavy atom. The molecule has 0 amide bonds. The van der Waals surface area contributed by atoms with Crippen LogP contribution in [0.1, 0.15) is 21.3 Å². The average molecular weight is 234 g/mol. The first-order chi connectivity index (χ1) is 7.72. The lowest BCUT2D eigenvalue weighted by molar-refractivity contribution is -0.118.